The highest BCUT2D eigenvalue weighted by Gasteiger charge is 2.36. The van der Waals surface area contributed by atoms with E-state index in [0.717, 1.165) is 72.6 Å². The van der Waals surface area contributed by atoms with E-state index >= 15 is 0 Å². The van der Waals surface area contributed by atoms with Gasteiger partial charge in [0.1, 0.15) is 11.3 Å². The van der Waals surface area contributed by atoms with Crippen molar-refractivity contribution in [1.29, 1.82) is 0 Å². The molecule has 1 saturated heterocycles. The van der Waals surface area contributed by atoms with E-state index < -0.39 is 5.97 Å². The highest BCUT2D eigenvalue weighted by atomic mass is 16.4. The number of aromatic carboxylic acids is 1. The van der Waals surface area contributed by atoms with E-state index in [4.69, 9.17) is 4.98 Å². The lowest BCUT2D eigenvalue weighted by atomic mass is 10.0. The molecule has 1 saturated carbocycles. The molecule has 2 aliphatic rings. The van der Waals surface area contributed by atoms with E-state index in [1.54, 1.807) is 24.4 Å². The molecule has 6 rings (SSSR count). The SMILES string of the molecule is O=C(O)c1cccc(-c2ccc(-c3nc4cccnc4n3C[C@@H]3CCN(C(=O)C4CC4)C3)cc2)c1. The van der Waals surface area contributed by atoms with Gasteiger partial charge in [-0.2, -0.15) is 0 Å². The van der Waals surface area contributed by atoms with Crippen molar-refractivity contribution in [2.24, 2.45) is 11.8 Å². The first-order valence-corrected chi connectivity index (χ1v) is 12.1. The number of carbonyl (C=O) groups is 2. The van der Waals surface area contributed by atoms with Gasteiger partial charge in [0.05, 0.1) is 5.56 Å². The Labute approximate surface area is 203 Å². The number of hydrogen-bond acceptors (Lipinski definition) is 4. The van der Waals surface area contributed by atoms with Crippen molar-refractivity contribution < 1.29 is 14.7 Å². The Morgan fingerprint density at radius 3 is 2.51 bits per heavy atom. The number of fused-ring (bicyclic) bond motifs is 1. The summed E-state index contributed by atoms with van der Waals surface area (Å²) in [5.74, 6) is 0.873. The Morgan fingerprint density at radius 1 is 0.943 bits per heavy atom. The fraction of sp³-hybridized carbons (Fsp3) is 0.286. The summed E-state index contributed by atoms with van der Waals surface area (Å²) >= 11 is 0. The Hall–Kier alpha value is -4.00. The van der Waals surface area contributed by atoms with Gasteiger partial charge >= 0.3 is 5.97 Å². The summed E-state index contributed by atoms with van der Waals surface area (Å²) in [6.45, 7) is 2.39. The predicted octanol–water partition coefficient (Wildman–Crippen LogP) is 4.72. The van der Waals surface area contributed by atoms with E-state index in [1.807, 2.05) is 47.4 Å². The van der Waals surface area contributed by atoms with Crippen molar-refractivity contribution in [2.75, 3.05) is 13.1 Å². The van der Waals surface area contributed by atoms with Gasteiger partial charge < -0.3 is 14.6 Å². The van der Waals surface area contributed by atoms with Gasteiger partial charge in [0, 0.05) is 37.3 Å². The van der Waals surface area contributed by atoms with Crippen LogP contribution < -0.4 is 0 Å². The Balaban J connectivity index is 1.30. The molecule has 1 atom stereocenters. The first-order chi connectivity index (χ1) is 17.1. The van der Waals surface area contributed by atoms with Crippen LogP contribution in [0.1, 0.15) is 29.6 Å². The second kappa shape index (κ2) is 8.65. The molecule has 0 unspecified atom stereocenters. The number of imidazole rings is 1. The molecule has 4 aromatic rings. The molecule has 1 aliphatic carbocycles. The van der Waals surface area contributed by atoms with Gasteiger partial charge in [0.25, 0.3) is 0 Å². The minimum absolute atomic E-state index is 0.259. The molecule has 0 spiro atoms. The summed E-state index contributed by atoms with van der Waals surface area (Å²) in [6.07, 6.45) is 4.86. The van der Waals surface area contributed by atoms with Crippen LogP contribution in [-0.4, -0.2) is 49.5 Å². The van der Waals surface area contributed by atoms with Gasteiger partial charge in [-0.3, -0.25) is 4.79 Å². The Kier molecular flexibility index (Phi) is 5.32. The first kappa shape index (κ1) is 21.5. The number of likely N-dealkylation sites (tertiary alicyclic amines) is 1. The van der Waals surface area contributed by atoms with Gasteiger partial charge in [-0.1, -0.05) is 36.4 Å². The molecular weight excluding hydrogens is 440 g/mol. The minimum Gasteiger partial charge on any atom is -0.478 e. The normalized spacial score (nSPS) is 17.7. The summed E-state index contributed by atoms with van der Waals surface area (Å²) in [5.41, 5.74) is 4.76. The number of carbonyl (C=O) groups excluding carboxylic acids is 1. The maximum absolute atomic E-state index is 12.5. The summed E-state index contributed by atoms with van der Waals surface area (Å²) < 4.78 is 2.19. The number of carboxylic acid groups (broad SMARTS) is 1. The van der Waals surface area contributed by atoms with Crippen LogP contribution in [0.15, 0.2) is 66.9 Å². The number of carboxylic acids is 1. The molecule has 1 amide bonds. The summed E-state index contributed by atoms with van der Waals surface area (Å²) in [4.78, 5) is 35.4. The topological polar surface area (TPSA) is 88.3 Å². The monoisotopic (exact) mass is 466 g/mol. The van der Waals surface area contributed by atoms with Crippen LogP contribution in [0.5, 0.6) is 0 Å². The molecule has 2 fully saturated rings. The van der Waals surface area contributed by atoms with Crippen molar-refractivity contribution in [3.05, 3.63) is 72.4 Å². The molecule has 2 aromatic heterocycles. The third-order valence-corrected chi connectivity index (χ3v) is 7.05. The summed E-state index contributed by atoms with van der Waals surface area (Å²) in [5, 5.41) is 9.30. The van der Waals surface area contributed by atoms with E-state index in [9.17, 15) is 14.7 Å². The molecule has 1 N–H and O–H groups in total. The third-order valence-electron chi connectivity index (χ3n) is 7.05. The van der Waals surface area contributed by atoms with E-state index in [2.05, 4.69) is 9.55 Å². The van der Waals surface area contributed by atoms with E-state index in [1.165, 1.54) is 0 Å². The van der Waals surface area contributed by atoms with Crippen molar-refractivity contribution in [3.8, 4) is 22.5 Å². The number of aromatic nitrogens is 3. The number of rotatable bonds is 6. The quantitative estimate of drug-likeness (QED) is 0.444. The van der Waals surface area contributed by atoms with Crippen LogP contribution in [0.25, 0.3) is 33.7 Å². The maximum Gasteiger partial charge on any atom is 0.335 e. The Morgan fingerprint density at radius 2 is 1.74 bits per heavy atom. The molecule has 35 heavy (non-hydrogen) atoms. The lowest BCUT2D eigenvalue weighted by Crippen LogP contribution is -2.30. The second-order valence-corrected chi connectivity index (χ2v) is 9.57. The molecule has 176 valence electrons. The first-order valence-electron chi connectivity index (χ1n) is 12.1. The smallest absolute Gasteiger partial charge is 0.335 e. The zero-order chi connectivity index (χ0) is 23.9. The molecule has 7 nitrogen and oxygen atoms in total. The van der Waals surface area contributed by atoms with Crippen molar-refractivity contribution in [3.63, 3.8) is 0 Å². The van der Waals surface area contributed by atoms with E-state index in [-0.39, 0.29) is 11.5 Å². The van der Waals surface area contributed by atoms with Crippen LogP contribution >= 0.6 is 0 Å². The zero-order valence-electron chi connectivity index (χ0n) is 19.3. The van der Waals surface area contributed by atoms with Crippen LogP contribution in [0.2, 0.25) is 0 Å². The number of benzene rings is 2. The number of nitrogens with zero attached hydrogens (tertiary/aromatic N) is 4. The molecule has 1 aliphatic heterocycles. The molecular formula is C28H26N4O3. The van der Waals surface area contributed by atoms with Crippen molar-refractivity contribution in [1.82, 2.24) is 19.4 Å². The number of hydrogen-bond donors (Lipinski definition) is 1. The van der Waals surface area contributed by atoms with Gasteiger partial charge in [-0.05, 0) is 60.6 Å². The molecule has 2 aromatic carbocycles. The lowest BCUT2D eigenvalue weighted by Gasteiger charge is -2.17. The fourth-order valence-corrected chi connectivity index (χ4v) is 5.02. The highest BCUT2D eigenvalue weighted by Crippen LogP contribution is 2.34. The highest BCUT2D eigenvalue weighted by molar-refractivity contribution is 5.89. The largest absolute Gasteiger partial charge is 0.478 e. The summed E-state index contributed by atoms with van der Waals surface area (Å²) in [7, 11) is 0. The number of amides is 1. The van der Waals surface area contributed by atoms with E-state index in [0.29, 0.717) is 11.8 Å². The van der Waals surface area contributed by atoms with Crippen LogP contribution in [0.3, 0.4) is 0 Å². The van der Waals surface area contributed by atoms with Gasteiger partial charge in [0.15, 0.2) is 5.65 Å². The third kappa shape index (κ3) is 4.18. The minimum atomic E-state index is -0.936. The number of pyridine rings is 1. The van der Waals surface area contributed by atoms with Crippen LogP contribution in [0, 0.1) is 11.8 Å². The fourth-order valence-electron chi connectivity index (χ4n) is 5.02. The Bertz CT molecular complexity index is 1420. The van der Waals surface area contributed by atoms with Crippen LogP contribution in [-0.2, 0) is 11.3 Å². The lowest BCUT2D eigenvalue weighted by molar-refractivity contribution is -0.131. The molecule has 3 heterocycles. The van der Waals surface area contributed by atoms with Crippen molar-refractivity contribution >= 4 is 23.0 Å². The van der Waals surface area contributed by atoms with Crippen LogP contribution in [0.4, 0.5) is 0 Å². The predicted molar refractivity (Wildman–Crippen MR) is 133 cm³/mol. The van der Waals surface area contributed by atoms with Crippen molar-refractivity contribution in [2.45, 2.75) is 25.8 Å². The average molecular weight is 467 g/mol. The second-order valence-electron chi connectivity index (χ2n) is 9.57. The zero-order valence-corrected chi connectivity index (χ0v) is 19.3. The maximum atomic E-state index is 12.5. The summed E-state index contributed by atoms with van der Waals surface area (Å²) in [6, 6.07) is 18.9. The standard InChI is InChI=1S/C28H26N4O3/c33-27(21-10-11-21)31-14-12-18(16-31)17-32-25(30-24-5-2-13-29-26(24)32)20-8-6-19(7-9-20)22-3-1-4-23(15-22)28(34)35/h1-9,13,15,18,21H,10-12,14,16-17H2,(H,34,35)/t18-/m1/s1. The average Bonchev–Trinajstić information content (AvgIpc) is 3.53. The molecule has 0 radical (unpaired) electrons. The van der Waals surface area contributed by atoms with Gasteiger partial charge in [-0.25, -0.2) is 14.8 Å². The molecule has 0 bridgehead atoms. The molecule has 7 heteroatoms. The van der Waals surface area contributed by atoms with Gasteiger partial charge in [0.2, 0.25) is 5.91 Å². The van der Waals surface area contributed by atoms with Gasteiger partial charge in [-0.15, -0.1) is 0 Å².